The second-order valence-corrected chi connectivity index (χ2v) is 11.8. The summed E-state index contributed by atoms with van der Waals surface area (Å²) in [5.41, 5.74) is 2.16. The van der Waals surface area contributed by atoms with Crippen molar-refractivity contribution < 1.29 is 9.47 Å². The van der Waals surface area contributed by atoms with Gasteiger partial charge in [0.05, 0.1) is 13.2 Å². The molecule has 0 bridgehead atoms. The number of hydrogen-bond acceptors (Lipinski definition) is 4. The third-order valence-electron chi connectivity index (χ3n) is 6.59. The normalized spacial score (nSPS) is 11.6. The Hall–Kier alpha value is -2.30. The fourth-order valence-electron chi connectivity index (χ4n) is 4.35. The van der Waals surface area contributed by atoms with Gasteiger partial charge in [-0.25, -0.2) is 0 Å². The minimum atomic E-state index is 0.748. The summed E-state index contributed by atoms with van der Waals surface area (Å²) in [5, 5.41) is 4.23. The first kappa shape index (κ1) is 30.2. The zero-order valence-corrected chi connectivity index (χ0v) is 25.1. The highest BCUT2D eigenvalue weighted by molar-refractivity contribution is 7.11. The van der Waals surface area contributed by atoms with Crippen LogP contribution in [-0.2, 0) is 0 Å². The number of thiophene rings is 2. The first-order valence-corrected chi connectivity index (χ1v) is 16.4. The minimum Gasteiger partial charge on any atom is -0.493 e. The molecule has 2 heterocycles. The average molecular weight is 551 g/mol. The lowest BCUT2D eigenvalue weighted by Gasteiger charge is -2.15. The monoisotopic (exact) mass is 550 g/mol. The van der Waals surface area contributed by atoms with E-state index in [4.69, 9.17) is 9.47 Å². The van der Waals surface area contributed by atoms with Gasteiger partial charge in [-0.3, -0.25) is 0 Å². The Morgan fingerprint density at radius 1 is 0.553 bits per heavy atom. The van der Waals surface area contributed by atoms with Crippen LogP contribution in [0.3, 0.4) is 0 Å². The molecule has 0 saturated heterocycles. The molecule has 206 valence electrons. The van der Waals surface area contributed by atoms with Crippen LogP contribution in [0.1, 0.15) is 112 Å². The fourth-order valence-corrected chi connectivity index (χ4v) is 5.58. The Morgan fingerprint density at radius 2 is 0.974 bits per heavy atom. The van der Waals surface area contributed by atoms with E-state index in [-0.39, 0.29) is 0 Å². The molecule has 4 heteroatoms. The average Bonchev–Trinajstić information content (AvgIpc) is 3.65. The molecule has 0 aliphatic carbocycles. The Morgan fingerprint density at radius 3 is 1.37 bits per heavy atom. The molecule has 2 aromatic heterocycles. The van der Waals surface area contributed by atoms with Crippen LogP contribution in [0.15, 0.2) is 47.2 Å². The predicted molar refractivity (Wildman–Crippen MR) is 171 cm³/mol. The summed E-state index contributed by atoms with van der Waals surface area (Å²) < 4.78 is 12.8. The van der Waals surface area contributed by atoms with Crippen LogP contribution in [0.2, 0.25) is 0 Å². The van der Waals surface area contributed by atoms with Crippen LogP contribution in [0.5, 0.6) is 11.5 Å². The summed E-state index contributed by atoms with van der Waals surface area (Å²) in [4.78, 5) is 2.48. The Balaban J connectivity index is 1.75. The summed E-state index contributed by atoms with van der Waals surface area (Å²) in [6, 6.07) is 12.8. The molecule has 0 amide bonds. The van der Waals surface area contributed by atoms with E-state index in [0.717, 1.165) is 48.7 Å². The SMILES string of the molecule is CCCCCCCCOc1cc(/C=C/c2cccs2)c(OCCCCCCCC)cc1/C=C/c1cccs1. The maximum atomic E-state index is 6.39. The van der Waals surface area contributed by atoms with Gasteiger partial charge in [0, 0.05) is 20.9 Å². The molecule has 0 aliphatic heterocycles. The highest BCUT2D eigenvalue weighted by Gasteiger charge is 2.10. The molecule has 0 N–H and O–H groups in total. The zero-order valence-electron chi connectivity index (χ0n) is 23.5. The quantitative estimate of drug-likeness (QED) is 0.130. The van der Waals surface area contributed by atoms with Crippen LogP contribution in [0, 0.1) is 0 Å². The topological polar surface area (TPSA) is 18.5 Å². The van der Waals surface area contributed by atoms with E-state index in [9.17, 15) is 0 Å². The zero-order chi connectivity index (χ0) is 26.7. The molecule has 2 nitrogen and oxygen atoms in total. The third-order valence-corrected chi connectivity index (χ3v) is 8.27. The van der Waals surface area contributed by atoms with Gasteiger partial charge in [-0.1, -0.05) is 90.2 Å². The van der Waals surface area contributed by atoms with Gasteiger partial charge in [-0.15, -0.1) is 22.7 Å². The highest BCUT2D eigenvalue weighted by atomic mass is 32.1. The highest BCUT2D eigenvalue weighted by Crippen LogP contribution is 2.33. The van der Waals surface area contributed by atoms with Crippen molar-refractivity contribution in [2.24, 2.45) is 0 Å². The summed E-state index contributed by atoms with van der Waals surface area (Å²) in [5.74, 6) is 1.87. The Bertz CT molecular complexity index is 963. The van der Waals surface area contributed by atoms with Gasteiger partial charge in [0.25, 0.3) is 0 Å². The van der Waals surface area contributed by atoms with Crippen LogP contribution >= 0.6 is 22.7 Å². The second-order valence-electron chi connectivity index (χ2n) is 9.86. The molecular weight excluding hydrogens is 505 g/mol. The number of hydrogen-bond donors (Lipinski definition) is 0. The lowest BCUT2D eigenvalue weighted by molar-refractivity contribution is 0.295. The molecular formula is C34H46O2S2. The van der Waals surface area contributed by atoms with E-state index >= 15 is 0 Å². The van der Waals surface area contributed by atoms with Gasteiger partial charge < -0.3 is 9.47 Å². The van der Waals surface area contributed by atoms with Crippen molar-refractivity contribution in [1.29, 1.82) is 0 Å². The maximum Gasteiger partial charge on any atom is 0.127 e. The number of ether oxygens (including phenoxy) is 2. The molecule has 0 aliphatic rings. The van der Waals surface area contributed by atoms with Crippen molar-refractivity contribution in [3.05, 3.63) is 68.0 Å². The molecule has 1 aromatic carbocycles. The van der Waals surface area contributed by atoms with Crippen molar-refractivity contribution in [2.75, 3.05) is 13.2 Å². The second kappa shape index (κ2) is 18.9. The van der Waals surface area contributed by atoms with Crippen molar-refractivity contribution in [2.45, 2.75) is 90.9 Å². The smallest absolute Gasteiger partial charge is 0.127 e. The van der Waals surface area contributed by atoms with E-state index in [1.165, 1.54) is 74.0 Å². The molecule has 3 aromatic rings. The van der Waals surface area contributed by atoms with Crippen LogP contribution in [-0.4, -0.2) is 13.2 Å². The van der Waals surface area contributed by atoms with Gasteiger partial charge >= 0.3 is 0 Å². The van der Waals surface area contributed by atoms with Crippen molar-refractivity contribution in [3.63, 3.8) is 0 Å². The van der Waals surface area contributed by atoms with E-state index < -0.39 is 0 Å². The lowest BCUT2D eigenvalue weighted by atomic mass is 10.1. The van der Waals surface area contributed by atoms with Crippen LogP contribution < -0.4 is 9.47 Å². The first-order valence-electron chi connectivity index (χ1n) is 14.7. The molecule has 0 spiro atoms. The number of rotatable bonds is 20. The van der Waals surface area contributed by atoms with Crippen molar-refractivity contribution >= 4 is 47.0 Å². The standard InChI is InChI=1S/C34H46O2S2/c1-3-5-7-9-11-13-23-35-33-27-30(20-22-32-18-16-26-38-32)34(36-24-14-12-10-8-6-4-2)28-29(33)19-21-31-17-15-25-37-31/h15-22,25-28H,3-14,23-24H2,1-2H3/b21-19+,22-20+. The van der Waals surface area contributed by atoms with E-state index in [2.05, 4.69) is 85.3 Å². The van der Waals surface area contributed by atoms with Gasteiger partial charge in [0.2, 0.25) is 0 Å². The maximum absolute atomic E-state index is 6.39. The molecule has 0 radical (unpaired) electrons. The van der Waals surface area contributed by atoms with Gasteiger partial charge in [-0.05, 0) is 72.2 Å². The minimum absolute atomic E-state index is 0.748. The van der Waals surface area contributed by atoms with Crippen LogP contribution in [0.25, 0.3) is 24.3 Å². The Labute approximate surface area is 239 Å². The van der Waals surface area contributed by atoms with Crippen LogP contribution in [0.4, 0.5) is 0 Å². The lowest BCUT2D eigenvalue weighted by Crippen LogP contribution is -2.03. The van der Waals surface area contributed by atoms with Gasteiger partial charge in [0.15, 0.2) is 0 Å². The molecule has 0 atom stereocenters. The molecule has 0 fully saturated rings. The first-order chi connectivity index (χ1) is 18.8. The van der Waals surface area contributed by atoms with E-state index in [0.29, 0.717) is 0 Å². The summed E-state index contributed by atoms with van der Waals surface area (Å²) in [6.07, 6.45) is 23.8. The van der Waals surface area contributed by atoms with Crippen molar-refractivity contribution in [1.82, 2.24) is 0 Å². The largest absolute Gasteiger partial charge is 0.493 e. The predicted octanol–water partition coefficient (Wildman–Crippen LogP) is 11.6. The molecule has 3 rings (SSSR count). The van der Waals surface area contributed by atoms with Gasteiger partial charge in [-0.2, -0.15) is 0 Å². The number of unbranched alkanes of at least 4 members (excludes halogenated alkanes) is 10. The third kappa shape index (κ3) is 11.6. The van der Waals surface area contributed by atoms with E-state index in [1.54, 1.807) is 22.7 Å². The summed E-state index contributed by atoms with van der Waals surface area (Å²) in [6.45, 7) is 6.02. The summed E-state index contributed by atoms with van der Waals surface area (Å²) >= 11 is 3.50. The summed E-state index contributed by atoms with van der Waals surface area (Å²) in [7, 11) is 0. The number of benzene rings is 1. The molecule has 38 heavy (non-hydrogen) atoms. The van der Waals surface area contributed by atoms with Crippen molar-refractivity contribution in [3.8, 4) is 11.5 Å². The molecule has 0 unspecified atom stereocenters. The Kier molecular flexibility index (Phi) is 15.0. The molecule has 0 saturated carbocycles. The fraction of sp³-hybridized carbons (Fsp3) is 0.471. The van der Waals surface area contributed by atoms with E-state index in [1.807, 2.05) is 0 Å². The van der Waals surface area contributed by atoms with Gasteiger partial charge in [0.1, 0.15) is 11.5 Å².